The average Bonchev–Trinajstić information content (AvgIpc) is 3.04. The van der Waals surface area contributed by atoms with Crippen LogP contribution in [0.4, 0.5) is 0 Å². The van der Waals surface area contributed by atoms with Gasteiger partial charge in [-0.3, -0.25) is 0 Å². The molecule has 2 heterocycles. The van der Waals surface area contributed by atoms with E-state index in [9.17, 15) is 5.11 Å². The highest BCUT2D eigenvalue weighted by Crippen LogP contribution is 2.56. The van der Waals surface area contributed by atoms with E-state index in [1.54, 1.807) is 0 Å². The normalized spacial score (nSPS) is 26.3. The van der Waals surface area contributed by atoms with E-state index < -0.39 is 0 Å². The molecule has 1 aliphatic carbocycles. The summed E-state index contributed by atoms with van der Waals surface area (Å²) < 4.78 is 12.4. The van der Waals surface area contributed by atoms with Crippen LogP contribution in [0.3, 0.4) is 0 Å². The van der Waals surface area contributed by atoms with Gasteiger partial charge in [-0.15, -0.1) is 0 Å². The van der Waals surface area contributed by atoms with Crippen molar-refractivity contribution in [2.75, 3.05) is 0 Å². The van der Waals surface area contributed by atoms with Crippen molar-refractivity contribution in [1.29, 1.82) is 0 Å². The lowest BCUT2D eigenvalue weighted by Gasteiger charge is -2.48. The molecule has 140 valence electrons. The zero-order chi connectivity index (χ0) is 18.8. The van der Waals surface area contributed by atoms with Crippen LogP contribution >= 0.6 is 0 Å². The number of phenols is 1. The second-order valence-electron chi connectivity index (χ2n) is 8.89. The Labute approximate surface area is 160 Å². The van der Waals surface area contributed by atoms with Crippen molar-refractivity contribution >= 4 is 11.0 Å². The SMILES string of the molecule is C[C@H]1CC[C@H]2[C@H](C1)c1c(O)cc(-c3cc4ccccc4o3)cc1OC2(C)C. The molecule has 0 saturated heterocycles. The highest BCUT2D eigenvalue weighted by atomic mass is 16.5. The summed E-state index contributed by atoms with van der Waals surface area (Å²) in [5, 5.41) is 12.0. The van der Waals surface area contributed by atoms with Gasteiger partial charge in [0.25, 0.3) is 0 Å². The fourth-order valence-corrected chi connectivity index (χ4v) is 5.23. The van der Waals surface area contributed by atoms with Crippen molar-refractivity contribution in [3.63, 3.8) is 0 Å². The van der Waals surface area contributed by atoms with Gasteiger partial charge in [0.15, 0.2) is 0 Å². The second-order valence-corrected chi connectivity index (χ2v) is 8.89. The fraction of sp³-hybridized carbons (Fsp3) is 0.417. The van der Waals surface area contributed by atoms with Gasteiger partial charge in [-0.25, -0.2) is 0 Å². The van der Waals surface area contributed by atoms with Crippen LogP contribution < -0.4 is 4.74 Å². The first kappa shape index (κ1) is 16.7. The smallest absolute Gasteiger partial charge is 0.135 e. The lowest BCUT2D eigenvalue weighted by Crippen LogP contribution is -2.46. The molecule has 0 unspecified atom stereocenters. The third-order valence-corrected chi connectivity index (χ3v) is 6.58. The van der Waals surface area contributed by atoms with E-state index in [4.69, 9.17) is 9.15 Å². The molecular weight excluding hydrogens is 336 g/mol. The average molecular weight is 362 g/mol. The molecule has 2 aliphatic rings. The summed E-state index contributed by atoms with van der Waals surface area (Å²) in [7, 11) is 0. The highest BCUT2D eigenvalue weighted by Gasteiger charge is 2.47. The molecule has 1 saturated carbocycles. The molecule has 0 bridgehead atoms. The first-order valence-corrected chi connectivity index (χ1v) is 9.97. The standard InChI is InChI=1S/C24H26O3/c1-14-8-9-18-17(10-14)23-19(25)11-16(13-22(23)27-24(18,2)3)21-12-15-6-4-5-7-20(15)26-21/h4-7,11-14,17-18,25H,8-10H2,1-3H3/t14-,17-,18-/m0/s1. The second kappa shape index (κ2) is 5.79. The number of hydrogen-bond acceptors (Lipinski definition) is 3. The van der Waals surface area contributed by atoms with Crippen molar-refractivity contribution in [3.8, 4) is 22.8 Å². The molecule has 3 nitrogen and oxygen atoms in total. The highest BCUT2D eigenvalue weighted by molar-refractivity contribution is 5.83. The van der Waals surface area contributed by atoms with Gasteiger partial charge in [0, 0.05) is 22.4 Å². The molecule has 0 spiro atoms. The molecule has 1 fully saturated rings. The van der Waals surface area contributed by atoms with E-state index in [-0.39, 0.29) is 5.60 Å². The Kier molecular flexibility index (Phi) is 3.59. The fourth-order valence-electron chi connectivity index (χ4n) is 5.23. The minimum absolute atomic E-state index is 0.225. The third kappa shape index (κ3) is 2.63. The maximum absolute atomic E-state index is 10.9. The number of benzene rings is 2. The largest absolute Gasteiger partial charge is 0.507 e. The summed E-state index contributed by atoms with van der Waals surface area (Å²) in [6, 6.07) is 13.9. The first-order chi connectivity index (χ1) is 12.9. The van der Waals surface area contributed by atoms with E-state index in [0.717, 1.165) is 46.4 Å². The maximum atomic E-state index is 10.9. The Bertz CT molecular complexity index is 981. The van der Waals surface area contributed by atoms with Crippen molar-refractivity contribution < 1.29 is 14.3 Å². The van der Waals surface area contributed by atoms with Gasteiger partial charge in [-0.05, 0) is 62.8 Å². The molecule has 3 atom stereocenters. The Hall–Kier alpha value is -2.42. The minimum Gasteiger partial charge on any atom is -0.507 e. The number of rotatable bonds is 1. The topological polar surface area (TPSA) is 42.6 Å². The van der Waals surface area contributed by atoms with Crippen molar-refractivity contribution in [2.24, 2.45) is 11.8 Å². The van der Waals surface area contributed by atoms with Crippen LogP contribution in [0.5, 0.6) is 11.5 Å². The number of para-hydroxylation sites is 1. The zero-order valence-corrected chi connectivity index (χ0v) is 16.2. The Morgan fingerprint density at radius 1 is 1.07 bits per heavy atom. The Balaban J connectivity index is 1.63. The number of furan rings is 1. The number of phenolic OH excluding ortho intramolecular Hbond substituents is 1. The Morgan fingerprint density at radius 3 is 2.70 bits per heavy atom. The molecule has 1 N–H and O–H groups in total. The van der Waals surface area contributed by atoms with Crippen LogP contribution in [0.1, 0.15) is 51.5 Å². The van der Waals surface area contributed by atoms with Crippen molar-refractivity contribution in [2.45, 2.75) is 51.6 Å². The lowest BCUT2D eigenvalue weighted by atomic mass is 9.64. The number of ether oxygens (including phenoxy) is 1. The number of hydrogen-bond donors (Lipinski definition) is 1. The molecule has 1 aromatic heterocycles. The van der Waals surface area contributed by atoms with E-state index >= 15 is 0 Å². The molecule has 1 aliphatic heterocycles. The maximum Gasteiger partial charge on any atom is 0.135 e. The summed E-state index contributed by atoms with van der Waals surface area (Å²) in [5.74, 6) is 3.40. The summed E-state index contributed by atoms with van der Waals surface area (Å²) in [6.45, 7) is 6.70. The molecule has 0 radical (unpaired) electrons. The monoisotopic (exact) mass is 362 g/mol. The van der Waals surface area contributed by atoms with Crippen LogP contribution in [0, 0.1) is 11.8 Å². The van der Waals surface area contributed by atoms with Crippen LogP contribution in [0.25, 0.3) is 22.3 Å². The molecule has 2 aromatic carbocycles. The molecule has 0 amide bonds. The van der Waals surface area contributed by atoms with Crippen molar-refractivity contribution in [1.82, 2.24) is 0 Å². The van der Waals surface area contributed by atoms with Crippen LogP contribution in [-0.4, -0.2) is 10.7 Å². The quantitative estimate of drug-likeness (QED) is 0.537. The summed E-state index contributed by atoms with van der Waals surface area (Å²) in [4.78, 5) is 0. The van der Waals surface area contributed by atoms with Gasteiger partial charge in [0.2, 0.25) is 0 Å². The Morgan fingerprint density at radius 2 is 1.89 bits per heavy atom. The van der Waals surface area contributed by atoms with Gasteiger partial charge in [0.1, 0.15) is 28.4 Å². The predicted molar refractivity (Wildman–Crippen MR) is 107 cm³/mol. The van der Waals surface area contributed by atoms with Gasteiger partial charge in [0.05, 0.1) is 0 Å². The van der Waals surface area contributed by atoms with E-state index in [2.05, 4.69) is 20.8 Å². The van der Waals surface area contributed by atoms with E-state index in [1.165, 1.54) is 6.42 Å². The molecular formula is C24H26O3. The molecule has 27 heavy (non-hydrogen) atoms. The molecule has 3 heteroatoms. The van der Waals surface area contributed by atoms with E-state index in [0.29, 0.717) is 23.5 Å². The van der Waals surface area contributed by atoms with Gasteiger partial charge in [-0.1, -0.05) is 31.5 Å². The van der Waals surface area contributed by atoms with Crippen molar-refractivity contribution in [3.05, 3.63) is 48.0 Å². The van der Waals surface area contributed by atoms with Crippen LogP contribution in [0.2, 0.25) is 0 Å². The zero-order valence-electron chi connectivity index (χ0n) is 16.2. The number of aromatic hydroxyl groups is 1. The van der Waals surface area contributed by atoms with Crippen LogP contribution in [0.15, 0.2) is 46.9 Å². The van der Waals surface area contributed by atoms with Crippen LogP contribution in [-0.2, 0) is 0 Å². The first-order valence-electron chi connectivity index (χ1n) is 9.97. The van der Waals surface area contributed by atoms with Gasteiger partial charge < -0.3 is 14.3 Å². The predicted octanol–water partition coefficient (Wildman–Crippen LogP) is 6.50. The summed E-state index contributed by atoms with van der Waals surface area (Å²) in [6.07, 6.45) is 3.51. The number of fused-ring (bicyclic) bond motifs is 4. The van der Waals surface area contributed by atoms with E-state index in [1.807, 2.05) is 42.5 Å². The molecule has 5 rings (SSSR count). The molecule has 3 aromatic rings. The third-order valence-electron chi connectivity index (χ3n) is 6.58. The summed E-state index contributed by atoms with van der Waals surface area (Å²) >= 11 is 0. The summed E-state index contributed by atoms with van der Waals surface area (Å²) in [5.41, 5.74) is 2.48. The van der Waals surface area contributed by atoms with Gasteiger partial charge >= 0.3 is 0 Å². The minimum atomic E-state index is -0.225. The lowest BCUT2D eigenvalue weighted by molar-refractivity contribution is -0.0144. The van der Waals surface area contributed by atoms with Gasteiger partial charge in [-0.2, -0.15) is 0 Å².